The Morgan fingerprint density at radius 3 is 2.65 bits per heavy atom. The van der Waals surface area contributed by atoms with Crippen LogP contribution >= 0.6 is 0 Å². The number of likely N-dealkylation sites (tertiary alicyclic amines) is 1. The van der Waals surface area contributed by atoms with Crippen molar-refractivity contribution in [3.63, 3.8) is 0 Å². The number of methoxy groups -OCH3 is 1. The molecule has 0 aliphatic carbocycles. The van der Waals surface area contributed by atoms with Gasteiger partial charge in [0.2, 0.25) is 11.8 Å². The third-order valence-electron chi connectivity index (χ3n) is 6.29. The molecule has 1 fully saturated rings. The first-order valence-corrected chi connectivity index (χ1v) is 10.9. The zero-order valence-corrected chi connectivity index (χ0v) is 17.9. The van der Waals surface area contributed by atoms with Crippen LogP contribution in [0.25, 0.3) is 0 Å². The van der Waals surface area contributed by atoms with E-state index in [0.29, 0.717) is 32.1 Å². The lowest BCUT2D eigenvalue weighted by molar-refractivity contribution is -0.136. The monoisotopic (exact) mass is 423 g/mol. The number of carbonyl (C=O) groups excluding carboxylic acids is 2. The van der Waals surface area contributed by atoms with E-state index in [2.05, 4.69) is 5.32 Å². The van der Waals surface area contributed by atoms with Gasteiger partial charge in [-0.1, -0.05) is 18.2 Å². The van der Waals surface area contributed by atoms with Gasteiger partial charge in [-0.05, 0) is 42.5 Å². The van der Waals surface area contributed by atoms with Gasteiger partial charge in [-0.25, -0.2) is 0 Å². The average molecular weight is 424 g/mol. The molecule has 0 radical (unpaired) electrons. The van der Waals surface area contributed by atoms with Crippen molar-refractivity contribution >= 4 is 11.8 Å². The van der Waals surface area contributed by atoms with Crippen LogP contribution in [0.3, 0.4) is 0 Å². The molecule has 1 aromatic carbocycles. The summed E-state index contributed by atoms with van der Waals surface area (Å²) in [4.78, 5) is 38.9. The van der Waals surface area contributed by atoms with Crippen LogP contribution in [-0.2, 0) is 22.6 Å². The standard InChI is InChI=1S/C24H29N3O4/c1-31-20-7-5-17(6-8-20)11-12-25-22(28)9-10-23(29)26-14-18-13-19(16-26)21-3-2-4-24(30)27(21)15-18/h2-8,18-19H,9-16H2,1H3,(H,25,28)/t18-,19+/m1/s1. The van der Waals surface area contributed by atoms with Gasteiger partial charge in [0.25, 0.3) is 5.56 Å². The highest BCUT2D eigenvalue weighted by molar-refractivity contribution is 5.83. The lowest BCUT2D eigenvalue weighted by atomic mass is 9.83. The van der Waals surface area contributed by atoms with E-state index in [1.165, 1.54) is 0 Å². The van der Waals surface area contributed by atoms with E-state index in [9.17, 15) is 14.4 Å². The number of hydrogen-bond acceptors (Lipinski definition) is 4. The summed E-state index contributed by atoms with van der Waals surface area (Å²) in [7, 11) is 1.63. The molecule has 7 heteroatoms. The Kier molecular flexibility index (Phi) is 6.39. The fourth-order valence-corrected chi connectivity index (χ4v) is 4.71. The quantitative estimate of drug-likeness (QED) is 0.738. The molecule has 1 saturated heterocycles. The van der Waals surface area contributed by atoms with Crippen LogP contribution in [0.1, 0.15) is 36.4 Å². The Hall–Kier alpha value is -3.09. The highest BCUT2D eigenvalue weighted by Gasteiger charge is 2.36. The summed E-state index contributed by atoms with van der Waals surface area (Å²) in [5.41, 5.74) is 2.19. The van der Waals surface area contributed by atoms with Crippen molar-refractivity contribution < 1.29 is 14.3 Å². The fraction of sp³-hybridized carbons (Fsp3) is 0.458. The predicted octanol–water partition coefficient (Wildman–Crippen LogP) is 1.94. The fourth-order valence-electron chi connectivity index (χ4n) is 4.71. The minimum Gasteiger partial charge on any atom is -0.497 e. The molecule has 2 aromatic rings. The van der Waals surface area contributed by atoms with Crippen LogP contribution in [0, 0.1) is 5.92 Å². The summed E-state index contributed by atoms with van der Waals surface area (Å²) >= 11 is 0. The Bertz CT molecular complexity index is 999. The first kappa shape index (κ1) is 21.2. The third-order valence-corrected chi connectivity index (χ3v) is 6.29. The normalized spacial score (nSPS) is 19.5. The largest absolute Gasteiger partial charge is 0.497 e. The van der Waals surface area contributed by atoms with E-state index in [-0.39, 0.29) is 36.1 Å². The lowest BCUT2D eigenvalue weighted by Gasteiger charge is -2.42. The topological polar surface area (TPSA) is 80.6 Å². The molecule has 0 saturated carbocycles. The molecule has 1 aromatic heterocycles. The number of piperidine rings is 1. The molecule has 4 rings (SSSR count). The molecule has 7 nitrogen and oxygen atoms in total. The van der Waals surface area contributed by atoms with E-state index in [4.69, 9.17) is 4.74 Å². The van der Waals surface area contributed by atoms with E-state index < -0.39 is 0 Å². The number of rotatable bonds is 7. The van der Waals surface area contributed by atoms with Crippen molar-refractivity contribution in [2.45, 2.75) is 38.1 Å². The summed E-state index contributed by atoms with van der Waals surface area (Å²) < 4.78 is 7.00. The van der Waals surface area contributed by atoms with Crippen molar-refractivity contribution in [2.75, 3.05) is 26.7 Å². The van der Waals surface area contributed by atoms with Gasteiger partial charge in [-0.3, -0.25) is 14.4 Å². The summed E-state index contributed by atoms with van der Waals surface area (Å²) in [5, 5.41) is 2.90. The van der Waals surface area contributed by atoms with Crippen LogP contribution in [0.5, 0.6) is 5.75 Å². The smallest absolute Gasteiger partial charge is 0.250 e. The maximum absolute atomic E-state index is 12.7. The first-order chi connectivity index (χ1) is 15.0. The molecular formula is C24H29N3O4. The number of amides is 2. The van der Waals surface area contributed by atoms with Crippen LogP contribution in [0.4, 0.5) is 0 Å². The minimum atomic E-state index is -0.101. The second-order valence-electron chi connectivity index (χ2n) is 8.44. The summed E-state index contributed by atoms with van der Waals surface area (Å²) in [6.07, 6.45) is 2.16. The van der Waals surface area contributed by atoms with Crippen molar-refractivity contribution in [1.82, 2.24) is 14.8 Å². The minimum absolute atomic E-state index is 0.0201. The van der Waals surface area contributed by atoms with E-state index in [1.807, 2.05) is 39.8 Å². The molecule has 164 valence electrons. The molecule has 3 heterocycles. The van der Waals surface area contributed by atoms with Crippen LogP contribution < -0.4 is 15.6 Å². The van der Waals surface area contributed by atoms with Crippen molar-refractivity contribution in [3.05, 3.63) is 64.1 Å². The average Bonchev–Trinajstić information content (AvgIpc) is 2.78. The number of nitrogens with zero attached hydrogens (tertiary/aromatic N) is 2. The second kappa shape index (κ2) is 9.37. The Morgan fingerprint density at radius 1 is 1.06 bits per heavy atom. The number of aromatic nitrogens is 1. The molecular weight excluding hydrogens is 394 g/mol. The number of ether oxygens (including phenoxy) is 1. The maximum atomic E-state index is 12.7. The van der Waals surface area contributed by atoms with Crippen LogP contribution in [0.15, 0.2) is 47.3 Å². The molecule has 2 aliphatic rings. The van der Waals surface area contributed by atoms with Crippen LogP contribution in [-0.4, -0.2) is 48.0 Å². The Labute approximate surface area is 182 Å². The SMILES string of the molecule is COc1ccc(CCNC(=O)CCC(=O)N2C[C@H]3C[C@@H](C2)c2cccc(=O)n2C3)cc1. The number of carbonyl (C=O) groups is 2. The predicted molar refractivity (Wildman–Crippen MR) is 117 cm³/mol. The maximum Gasteiger partial charge on any atom is 0.250 e. The highest BCUT2D eigenvalue weighted by Crippen LogP contribution is 2.35. The summed E-state index contributed by atoms with van der Waals surface area (Å²) in [6.45, 7) is 2.49. The van der Waals surface area contributed by atoms with Crippen molar-refractivity contribution in [1.29, 1.82) is 0 Å². The number of pyridine rings is 1. The molecule has 2 amide bonds. The number of nitrogens with one attached hydrogen (secondary N) is 1. The molecule has 0 unspecified atom stereocenters. The Balaban J connectivity index is 1.23. The van der Waals surface area contributed by atoms with E-state index in [0.717, 1.165) is 29.8 Å². The van der Waals surface area contributed by atoms with E-state index in [1.54, 1.807) is 19.2 Å². The van der Waals surface area contributed by atoms with Gasteiger partial charge in [0, 0.05) is 56.7 Å². The van der Waals surface area contributed by atoms with Gasteiger partial charge in [0.1, 0.15) is 5.75 Å². The number of benzene rings is 1. The zero-order chi connectivity index (χ0) is 21.8. The van der Waals surface area contributed by atoms with Crippen LogP contribution in [0.2, 0.25) is 0 Å². The number of hydrogen-bond donors (Lipinski definition) is 1. The first-order valence-electron chi connectivity index (χ1n) is 10.9. The number of fused-ring (bicyclic) bond motifs is 4. The van der Waals surface area contributed by atoms with Gasteiger partial charge in [-0.2, -0.15) is 0 Å². The molecule has 2 bridgehead atoms. The Morgan fingerprint density at radius 2 is 1.87 bits per heavy atom. The molecule has 31 heavy (non-hydrogen) atoms. The molecule has 1 N–H and O–H groups in total. The van der Waals surface area contributed by atoms with Gasteiger partial charge in [-0.15, -0.1) is 0 Å². The zero-order valence-electron chi connectivity index (χ0n) is 17.9. The van der Waals surface area contributed by atoms with Crippen molar-refractivity contribution in [2.24, 2.45) is 5.92 Å². The van der Waals surface area contributed by atoms with Gasteiger partial charge in [0.15, 0.2) is 0 Å². The molecule has 2 atom stereocenters. The molecule has 2 aliphatic heterocycles. The second-order valence-corrected chi connectivity index (χ2v) is 8.44. The van der Waals surface area contributed by atoms with Gasteiger partial charge >= 0.3 is 0 Å². The summed E-state index contributed by atoms with van der Waals surface area (Å²) in [5.74, 6) is 1.23. The molecule has 0 spiro atoms. The van der Waals surface area contributed by atoms with E-state index >= 15 is 0 Å². The van der Waals surface area contributed by atoms with Gasteiger partial charge < -0.3 is 19.5 Å². The van der Waals surface area contributed by atoms with Crippen molar-refractivity contribution in [3.8, 4) is 5.75 Å². The highest BCUT2D eigenvalue weighted by atomic mass is 16.5. The third kappa shape index (κ3) is 4.98. The van der Waals surface area contributed by atoms with Gasteiger partial charge in [0.05, 0.1) is 7.11 Å². The summed E-state index contributed by atoms with van der Waals surface area (Å²) in [6, 6.07) is 13.2. The lowest BCUT2D eigenvalue weighted by Crippen LogP contribution is -2.49.